The molecule has 5 nitrogen and oxygen atoms in total. The fourth-order valence-corrected chi connectivity index (χ4v) is 4.95. The predicted octanol–water partition coefficient (Wildman–Crippen LogP) is 1.26. The Morgan fingerprint density at radius 1 is 1.38 bits per heavy atom. The van der Waals surface area contributed by atoms with E-state index in [1.165, 1.54) is 4.31 Å². The van der Waals surface area contributed by atoms with Crippen molar-refractivity contribution in [3.8, 4) is 5.75 Å². The first kappa shape index (κ1) is 14.8. The Bertz CT molecular complexity index is 643. The number of aliphatic hydroxyl groups is 1. The van der Waals surface area contributed by atoms with Gasteiger partial charge in [-0.15, -0.1) is 0 Å². The van der Waals surface area contributed by atoms with Gasteiger partial charge in [0.1, 0.15) is 5.75 Å². The maximum Gasteiger partial charge on any atom is 0.243 e. The predicted molar refractivity (Wildman–Crippen MR) is 78.7 cm³/mol. The summed E-state index contributed by atoms with van der Waals surface area (Å²) in [5.41, 5.74) is 0.890. The second kappa shape index (κ2) is 5.26. The Kier molecular flexibility index (Phi) is 3.71. The summed E-state index contributed by atoms with van der Waals surface area (Å²) in [6.45, 7) is 2.93. The molecule has 1 saturated carbocycles. The zero-order chi connectivity index (χ0) is 15.2. The summed E-state index contributed by atoms with van der Waals surface area (Å²) >= 11 is 0. The lowest BCUT2D eigenvalue weighted by atomic mass is 9.74. The number of ether oxygens (including phenoxy) is 1. The number of benzene rings is 1. The normalized spacial score (nSPS) is 29.0. The van der Waals surface area contributed by atoms with Crippen LogP contribution in [0.1, 0.15) is 18.9 Å². The summed E-state index contributed by atoms with van der Waals surface area (Å²) in [5, 5.41) is 9.68. The molecule has 0 radical (unpaired) electrons. The van der Waals surface area contributed by atoms with Gasteiger partial charge in [-0.2, -0.15) is 4.31 Å². The number of hydrogen-bond donors (Lipinski definition) is 1. The van der Waals surface area contributed by atoms with Crippen molar-refractivity contribution in [1.82, 2.24) is 4.31 Å². The average molecular weight is 311 g/mol. The first-order chi connectivity index (χ1) is 9.97. The maximum atomic E-state index is 12.7. The molecular weight excluding hydrogens is 290 g/mol. The van der Waals surface area contributed by atoms with Crippen LogP contribution in [0, 0.1) is 11.8 Å². The molecule has 1 N–H and O–H groups in total. The maximum absolute atomic E-state index is 12.7. The molecule has 21 heavy (non-hydrogen) atoms. The molecule has 1 aliphatic heterocycles. The molecule has 0 unspecified atom stereocenters. The standard InChI is InChI=1S/C15H21NO4S/c1-3-10-6-12(4-5-15(10)20-2)21(18,19)16-8-11-7-14(17)13(11)9-16/h4-6,11,13-14,17H,3,7-9H2,1-2H3/t11-,13+,14-/m1/s1. The number of aryl methyl sites for hydroxylation is 1. The molecule has 1 aromatic carbocycles. The highest BCUT2D eigenvalue weighted by molar-refractivity contribution is 7.89. The number of methoxy groups -OCH3 is 1. The van der Waals surface area contributed by atoms with Gasteiger partial charge in [0.25, 0.3) is 0 Å². The summed E-state index contributed by atoms with van der Waals surface area (Å²) in [6.07, 6.45) is 1.10. The Hall–Kier alpha value is -1.11. The molecule has 3 rings (SSSR count). The third-order valence-corrected chi connectivity index (χ3v) is 6.59. The number of nitrogens with zero attached hydrogens (tertiary/aromatic N) is 1. The van der Waals surface area contributed by atoms with Crippen LogP contribution < -0.4 is 4.74 Å². The van der Waals surface area contributed by atoms with Gasteiger partial charge in [-0.25, -0.2) is 8.42 Å². The van der Waals surface area contributed by atoms with E-state index in [2.05, 4.69) is 0 Å². The van der Waals surface area contributed by atoms with Gasteiger partial charge in [0.05, 0.1) is 18.1 Å². The number of aliphatic hydroxyl groups excluding tert-OH is 1. The third-order valence-electron chi connectivity index (χ3n) is 4.77. The molecule has 0 amide bonds. The first-order valence-electron chi connectivity index (χ1n) is 7.32. The fraction of sp³-hybridized carbons (Fsp3) is 0.600. The van der Waals surface area contributed by atoms with Crippen LogP contribution in [0.2, 0.25) is 0 Å². The molecule has 2 fully saturated rings. The minimum atomic E-state index is -3.48. The van der Waals surface area contributed by atoms with E-state index in [0.717, 1.165) is 18.4 Å². The monoisotopic (exact) mass is 311 g/mol. The van der Waals surface area contributed by atoms with Crippen molar-refractivity contribution < 1.29 is 18.3 Å². The van der Waals surface area contributed by atoms with Crippen molar-refractivity contribution in [3.63, 3.8) is 0 Å². The smallest absolute Gasteiger partial charge is 0.243 e. The van der Waals surface area contributed by atoms with Crippen molar-refractivity contribution in [2.45, 2.75) is 30.8 Å². The van der Waals surface area contributed by atoms with Crippen LogP contribution in [0.3, 0.4) is 0 Å². The van der Waals surface area contributed by atoms with Gasteiger partial charge in [-0.3, -0.25) is 0 Å². The second-order valence-electron chi connectivity index (χ2n) is 5.88. The number of hydrogen-bond acceptors (Lipinski definition) is 4. The summed E-state index contributed by atoms with van der Waals surface area (Å²) in [4.78, 5) is 0.316. The van der Waals surface area contributed by atoms with Crippen LogP contribution in [-0.2, 0) is 16.4 Å². The van der Waals surface area contributed by atoms with Crippen LogP contribution in [0.15, 0.2) is 23.1 Å². The largest absolute Gasteiger partial charge is 0.496 e. The van der Waals surface area contributed by atoms with E-state index in [1.54, 1.807) is 25.3 Å². The lowest BCUT2D eigenvalue weighted by Gasteiger charge is -2.34. The molecule has 116 valence electrons. The van der Waals surface area contributed by atoms with Gasteiger partial charge in [-0.05, 0) is 42.5 Å². The van der Waals surface area contributed by atoms with Crippen LogP contribution in [0.4, 0.5) is 0 Å². The molecule has 2 aliphatic rings. The van der Waals surface area contributed by atoms with Crippen molar-refractivity contribution >= 4 is 10.0 Å². The quantitative estimate of drug-likeness (QED) is 0.909. The van der Waals surface area contributed by atoms with E-state index in [9.17, 15) is 13.5 Å². The highest BCUT2D eigenvalue weighted by Gasteiger charge is 2.49. The van der Waals surface area contributed by atoms with Crippen molar-refractivity contribution in [2.24, 2.45) is 11.8 Å². The topological polar surface area (TPSA) is 66.8 Å². The molecule has 0 bridgehead atoms. The Morgan fingerprint density at radius 3 is 2.71 bits per heavy atom. The van der Waals surface area contributed by atoms with Crippen molar-refractivity contribution in [3.05, 3.63) is 23.8 Å². The SMILES string of the molecule is CCc1cc(S(=O)(=O)N2C[C@H]3C[C@@H](O)[C@H]3C2)ccc1OC. The highest BCUT2D eigenvalue weighted by atomic mass is 32.2. The van der Waals surface area contributed by atoms with Gasteiger partial charge >= 0.3 is 0 Å². The van der Waals surface area contributed by atoms with Crippen LogP contribution in [-0.4, -0.2) is 44.1 Å². The minimum Gasteiger partial charge on any atom is -0.496 e. The molecule has 0 spiro atoms. The average Bonchev–Trinajstić information content (AvgIpc) is 2.84. The first-order valence-corrected chi connectivity index (χ1v) is 8.76. The zero-order valence-electron chi connectivity index (χ0n) is 12.3. The van der Waals surface area contributed by atoms with Crippen LogP contribution >= 0.6 is 0 Å². The second-order valence-corrected chi connectivity index (χ2v) is 7.81. The lowest BCUT2D eigenvalue weighted by molar-refractivity contribution is -0.00416. The summed E-state index contributed by atoms with van der Waals surface area (Å²) in [6, 6.07) is 5.01. The number of rotatable bonds is 4. The van der Waals surface area contributed by atoms with Crippen LogP contribution in [0.25, 0.3) is 0 Å². The summed E-state index contributed by atoms with van der Waals surface area (Å²) in [5.74, 6) is 1.15. The van der Waals surface area contributed by atoms with Crippen molar-refractivity contribution in [2.75, 3.05) is 20.2 Å². The number of sulfonamides is 1. The van der Waals surface area contributed by atoms with Gasteiger partial charge in [0, 0.05) is 19.0 Å². The minimum absolute atomic E-state index is 0.115. The Balaban J connectivity index is 1.88. The Morgan fingerprint density at radius 2 is 2.14 bits per heavy atom. The van der Waals surface area contributed by atoms with E-state index >= 15 is 0 Å². The van der Waals surface area contributed by atoms with Gasteiger partial charge < -0.3 is 9.84 Å². The molecule has 1 aliphatic carbocycles. The van der Waals surface area contributed by atoms with E-state index in [1.807, 2.05) is 6.92 Å². The lowest BCUT2D eigenvalue weighted by Crippen LogP contribution is -2.39. The molecule has 1 saturated heterocycles. The summed E-state index contributed by atoms with van der Waals surface area (Å²) in [7, 11) is -1.89. The Labute approximate surface area is 125 Å². The van der Waals surface area contributed by atoms with Crippen molar-refractivity contribution in [1.29, 1.82) is 0 Å². The van der Waals surface area contributed by atoms with Gasteiger partial charge in [-0.1, -0.05) is 6.92 Å². The summed E-state index contributed by atoms with van der Waals surface area (Å²) < 4.78 is 32.2. The van der Waals surface area contributed by atoms with E-state index in [0.29, 0.717) is 29.7 Å². The molecular formula is C15H21NO4S. The molecule has 1 heterocycles. The molecule has 6 heteroatoms. The zero-order valence-corrected chi connectivity index (χ0v) is 13.1. The van der Waals surface area contributed by atoms with E-state index in [4.69, 9.17) is 4.74 Å². The third kappa shape index (κ3) is 2.35. The molecule has 1 aromatic rings. The molecule has 0 aromatic heterocycles. The van der Waals surface area contributed by atoms with Gasteiger partial charge in [0.2, 0.25) is 10.0 Å². The van der Waals surface area contributed by atoms with E-state index in [-0.39, 0.29) is 12.0 Å². The number of fused-ring (bicyclic) bond motifs is 1. The molecule has 3 atom stereocenters. The van der Waals surface area contributed by atoms with Crippen LogP contribution in [0.5, 0.6) is 5.75 Å². The van der Waals surface area contributed by atoms with E-state index < -0.39 is 10.0 Å². The highest BCUT2D eigenvalue weighted by Crippen LogP contribution is 2.42. The fourth-order valence-electron chi connectivity index (χ4n) is 3.37. The van der Waals surface area contributed by atoms with Gasteiger partial charge in [0.15, 0.2) is 0 Å².